The lowest BCUT2D eigenvalue weighted by Crippen LogP contribution is -2.12. The first-order chi connectivity index (χ1) is 10.9. The summed E-state index contributed by atoms with van der Waals surface area (Å²) < 4.78 is 42.1. The summed E-state index contributed by atoms with van der Waals surface area (Å²) in [6.07, 6.45) is -0.221. The molecule has 3 rings (SSSR count). The van der Waals surface area contributed by atoms with Crippen molar-refractivity contribution in [1.82, 2.24) is 29.3 Å². The van der Waals surface area contributed by atoms with Crippen LogP contribution in [-0.2, 0) is 26.3 Å². The van der Waals surface area contributed by atoms with Crippen LogP contribution in [0.2, 0.25) is 0 Å². The molecular formula is C13H14F3N7. The first-order valence-corrected chi connectivity index (χ1v) is 6.89. The molecule has 0 amide bonds. The van der Waals surface area contributed by atoms with Crippen molar-refractivity contribution in [1.29, 1.82) is 0 Å². The van der Waals surface area contributed by atoms with E-state index in [2.05, 4.69) is 25.4 Å². The highest BCUT2D eigenvalue weighted by molar-refractivity contribution is 5.82. The number of alkyl halides is 3. The van der Waals surface area contributed by atoms with Gasteiger partial charge in [0.25, 0.3) is 0 Å². The van der Waals surface area contributed by atoms with Crippen LogP contribution >= 0.6 is 0 Å². The Bertz CT molecular complexity index is 834. The van der Waals surface area contributed by atoms with Crippen molar-refractivity contribution in [3.63, 3.8) is 0 Å². The number of nitrogens with zero attached hydrogens (tertiary/aromatic N) is 6. The van der Waals surface area contributed by atoms with Gasteiger partial charge in [-0.1, -0.05) is 0 Å². The average Bonchev–Trinajstić information content (AvgIpc) is 3.09. The summed E-state index contributed by atoms with van der Waals surface area (Å²) in [4.78, 5) is 12.2. The number of aryl methyl sites for hydroxylation is 2. The van der Waals surface area contributed by atoms with E-state index >= 15 is 0 Å². The van der Waals surface area contributed by atoms with Gasteiger partial charge in [0.15, 0.2) is 17.2 Å². The molecule has 0 bridgehead atoms. The van der Waals surface area contributed by atoms with Crippen LogP contribution in [0.3, 0.4) is 0 Å². The van der Waals surface area contributed by atoms with E-state index in [-0.39, 0.29) is 12.1 Å². The van der Waals surface area contributed by atoms with Gasteiger partial charge in [-0.3, -0.25) is 4.68 Å². The fourth-order valence-electron chi connectivity index (χ4n) is 2.29. The summed E-state index contributed by atoms with van der Waals surface area (Å²) in [5, 5.41) is 6.50. The third kappa shape index (κ3) is 2.83. The minimum Gasteiger partial charge on any atom is -0.364 e. The maximum atomic E-state index is 13.0. The molecule has 3 aromatic rings. The fourth-order valence-corrected chi connectivity index (χ4v) is 2.29. The maximum absolute atomic E-state index is 13.0. The first-order valence-electron chi connectivity index (χ1n) is 6.89. The molecule has 122 valence electrons. The van der Waals surface area contributed by atoms with Crippen LogP contribution in [0.25, 0.3) is 11.2 Å². The van der Waals surface area contributed by atoms with Crippen LogP contribution in [0.5, 0.6) is 0 Å². The van der Waals surface area contributed by atoms with Gasteiger partial charge in [0.1, 0.15) is 11.8 Å². The first kappa shape index (κ1) is 15.3. The summed E-state index contributed by atoms with van der Waals surface area (Å²) in [6, 6.07) is 0. The van der Waals surface area contributed by atoms with Crippen molar-refractivity contribution in [3.8, 4) is 0 Å². The SMILES string of the molecule is CCn1cc(CNc2ncnc3ncn(C)c23)c(C(F)(F)F)n1. The van der Waals surface area contributed by atoms with Gasteiger partial charge in [-0.15, -0.1) is 0 Å². The van der Waals surface area contributed by atoms with Gasteiger partial charge in [0.05, 0.1) is 6.33 Å². The molecule has 10 heteroatoms. The molecule has 0 aliphatic heterocycles. The van der Waals surface area contributed by atoms with Gasteiger partial charge in [-0.2, -0.15) is 18.3 Å². The minimum absolute atomic E-state index is 0.0495. The van der Waals surface area contributed by atoms with E-state index in [1.807, 2.05) is 0 Å². The van der Waals surface area contributed by atoms with Crippen molar-refractivity contribution in [2.24, 2.45) is 7.05 Å². The van der Waals surface area contributed by atoms with Crippen LogP contribution in [0.15, 0.2) is 18.9 Å². The van der Waals surface area contributed by atoms with Gasteiger partial charge in [-0.05, 0) is 6.92 Å². The Morgan fingerprint density at radius 3 is 2.70 bits per heavy atom. The van der Waals surface area contributed by atoms with Crippen LogP contribution in [0, 0.1) is 0 Å². The summed E-state index contributed by atoms with van der Waals surface area (Å²) in [5.41, 5.74) is 0.282. The lowest BCUT2D eigenvalue weighted by molar-refractivity contribution is -0.142. The molecule has 7 nitrogen and oxygen atoms in total. The number of imidazole rings is 1. The number of halogens is 3. The average molecular weight is 325 g/mol. The van der Waals surface area contributed by atoms with Gasteiger partial charge >= 0.3 is 6.18 Å². The number of aromatic nitrogens is 6. The number of nitrogens with one attached hydrogen (secondary N) is 1. The molecule has 0 aromatic carbocycles. The predicted octanol–water partition coefficient (Wildman–Crippen LogP) is 2.21. The van der Waals surface area contributed by atoms with Crippen LogP contribution in [0.1, 0.15) is 18.2 Å². The lowest BCUT2D eigenvalue weighted by Gasteiger charge is -2.09. The van der Waals surface area contributed by atoms with E-state index < -0.39 is 11.9 Å². The van der Waals surface area contributed by atoms with Crippen LogP contribution < -0.4 is 5.32 Å². The Balaban J connectivity index is 1.91. The zero-order valence-electron chi connectivity index (χ0n) is 12.5. The van der Waals surface area contributed by atoms with Crippen molar-refractivity contribution >= 4 is 17.0 Å². The van der Waals surface area contributed by atoms with E-state index in [9.17, 15) is 13.2 Å². The van der Waals surface area contributed by atoms with Gasteiger partial charge in [0.2, 0.25) is 0 Å². The molecule has 0 spiro atoms. The molecule has 0 saturated carbocycles. The Hall–Kier alpha value is -2.65. The predicted molar refractivity (Wildman–Crippen MR) is 76.5 cm³/mol. The van der Waals surface area contributed by atoms with Crippen LogP contribution in [0.4, 0.5) is 19.0 Å². The standard InChI is InChI=1S/C13H14F3N7/c1-3-23-5-8(10(21-23)13(14,15)16)4-17-11-9-12(19-6-18-11)20-7-22(9)2/h5-7H,3-4H2,1-2H3,(H,17,18,19). The second-order valence-corrected chi connectivity index (χ2v) is 4.96. The van der Waals surface area contributed by atoms with Crippen molar-refractivity contribution < 1.29 is 13.2 Å². The summed E-state index contributed by atoms with van der Waals surface area (Å²) in [6.45, 7) is 2.04. The largest absolute Gasteiger partial charge is 0.435 e. The molecule has 1 N–H and O–H groups in total. The minimum atomic E-state index is -4.50. The summed E-state index contributed by atoms with van der Waals surface area (Å²) in [5.74, 6) is 0.423. The molecule has 0 fully saturated rings. The monoisotopic (exact) mass is 325 g/mol. The molecule has 3 heterocycles. The highest BCUT2D eigenvalue weighted by Crippen LogP contribution is 2.31. The number of fused-ring (bicyclic) bond motifs is 1. The van der Waals surface area contributed by atoms with E-state index in [1.54, 1.807) is 24.9 Å². The number of anilines is 1. The van der Waals surface area contributed by atoms with Gasteiger partial charge in [0, 0.05) is 31.9 Å². The second kappa shape index (κ2) is 5.52. The third-order valence-electron chi connectivity index (χ3n) is 3.39. The second-order valence-electron chi connectivity index (χ2n) is 4.96. The van der Waals surface area contributed by atoms with Gasteiger partial charge in [-0.25, -0.2) is 15.0 Å². The number of hydrogen-bond donors (Lipinski definition) is 1. The molecule has 0 radical (unpaired) electrons. The van der Waals surface area contributed by atoms with Crippen molar-refractivity contribution in [2.75, 3.05) is 5.32 Å². The Morgan fingerprint density at radius 2 is 2.00 bits per heavy atom. The van der Waals surface area contributed by atoms with Crippen molar-refractivity contribution in [2.45, 2.75) is 26.2 Å². The fraction of sp³-hybridized carbons (Fsp3) is 0.385. The highest BCUT2D eigenvalue weighted by Gasteiger charge is 2.37. The van der Waals surface area contributed by atoms with E-state index in [4.69, 9.17) is 0 Å². The topological polar surface area (TPSA) is 73.5 Å². The van der Waals surface area contributed by atoms with Gasteiger partial charge < -0.3 is 9.88 Å². The number of rotatable bonds is 4. The number of hydrogen-bond acceptors (Lipinski definition) is 5. The Labute approximate surface area is 129 Å². The molecule has 0 saturated heterocycles. The molecule has 0 aliphatic carbocycles. The molecule has 0 unspecified atom stereocenters. The maximum Gasteiger partial charge on any atom is 0.435 e. The van der Waals surface area contributed by atoms with E-state index in [1.165, 1.54) is 17.2 Å². The Morgan fingerprint density at radius 1 is 1.22 bits per heavy atom. The van der Waals surface area contributed by atoms with E-state index in [0.29, 0.717) is 23.5 Å². The summed E-state index contributed by atoms with van der Waals surface area (Å²) >= 11 is 0. The molecular weight excluding hydrogens is 311 g/mol. The molecule has 0 atom stereocenters. The normalized spacial score (nSPS) is 12.0. The van der Waals surface area contributed by atoms with Crippen LogP contribution in [-0.4, -0.2) is 29.3 Å². The quantitative estimate of drug-likeness (QED) is 0.796. The lowest BCUT2D eigenvalue weighted by atomic mass is 10.2. The zero-order chi connectivity index (χ0) is 16.6. The zero-order valence-corrected chi connectivity index (χ0v) is 12.5. The third-order valence-corrected chi connectivity index (χ3v) is 3.39. The van der Waals surface area contributed by atoms with Crippen molar-refractivity contribution in [3.05, 3.63) is 30.1 Å². The molecule has 23 heavy (non-hydrogen) atoms. The van der Waals surface area contributed by atoms with E-state index in [0.717, 1.165) is 0 Å². The Kier molecular flexibility index (Phi) is 3.66. The summed E-state index contributed by atoms with van der Waals surface area (Å²) in [7, 11) is 1.76. The highest BCUT2D eigenvalue weighted by atomic mass is 19.4. The molecule has 3 aromatic heterocycles. The molecule has 0 aliphatic rings. The smallest absolute Gasteiger partial charge is 0.364 e.